The fraction of sp³-hybridized carbons (Fsp3) is 0.636. The van der Waals surface area contributed by atoms with Crippen LogP contribution in [0.3, 0.4) is 0 Å². The van der Waals surface area contributed by atoms with Crippen molar-refractivity contribution in [1.82, 2.24) is 10.6 Å². The van der Waals surface area contributed by atoms with E-state index in [-0.39, 0.29) is 11.4 Å². The van der Waals surface area contributed by atoms with Crippen LogP contribution in [0.2, 0.25) is 0 Å². The zero-order valence-electron chi connectivity index (χ0n) is 17.6. The topological polar surface area (TPSA) is 76.7 Å². The lowest BCUT2D eigenvalue weighted by Gasteiger charge is -2.31. The summed E-state index contributed by atoms with van der Waals surface area (Å²) in [7, 11) is 1.65. The van der Waals surface area contributed by atoms with Gasteiger partial charge < -0.3 is 20.1 Å². The van der Waals surface area contributed by atoms with E-state index >= 15 is 0 Å². The van der Waals surface area contributed by atoms with Crippen LogP contribution in [0.5, 0.6) is 5.75 Å². The first-order chi connectivity index (χ1) is 13.2. The van der Waals surface area contributed by atoms with Gasteiger partial charge in [0.1, 0.15) is 11.4 Å². The van der Waals surface area contributed by atoms with E-state index in [4.69, 9.17) is 9.47 Å². The highest BCUT2D eigenvalue weighted by Crippen LogP contribution is 2.29. The van der Waals surface area contributed by atoms with Crippen LogP contribution in [0, 0.1) is 0 Å². The maximum Gasteiger partial charge on any atom is 0.407 e. The van der Waals surface area contributed by atoms with Crippen LogP contribution < -0.4 is 15.4 Å². The molecular weight excluding hydrogens is 356 g/mol. The number of rotatable bonds is 8. The molecule has 0 saturated heterocycles. The molecule has 0 unspecified atom stereocenters. The molecule has 6 nitrogen and oxygen atoms in total. The quantitative estimate of drug-likeness (QED) is 0.704. The molecule has 0 bridgehead atoms. The zero-order valence-corrected chi connectivity index (χ0v) is 17.6. The summed E-state index contributed by atoms with van der Waals surface area (Å²) >= 11 is 0. The van der Waals surface area contributed by atoms with E-state index in [1.807, 2.05) is 45.0 Å². The number of amides is 2. The number of aryl methyl sites for hydroxylation is 1. The summed E-state index contributed by atoms with van der Waals surface area (Å²) in [5.74, 6) is 0.878. The van der Waals surface area contributed by atoms with Gasteiger partial charge in [-0.3, -0.25) is 4.79 Å². The number of alkyl carbamates (subject to hydrolysis) is 1. The van der Waals surface area contributed by atoms with Crippen molar-refractivity contribution in [3.63, 3.8) is 0 Å². The fourth-order valence-electron chi connectivity index (χ4n) is 3.56. The van der Waals surface area contributed by atoms with E-state index in [0.29, 0.717) is 13.0 Å². The maximum atomic E-state index is 12.5. The molecule has 1 saturated carbocycles. The number of carbonyl (C=O) groups is 2. The van der Waals surface area contributed by atoms with Gasteiger partial charge in [-0.05, 0) is 64.2 Å². The monoisotopic (exact) mass is 390 g/mol. The van der Waals surface area contributed by atoms with Gasteiger partial charge in [-0.15, -0.1) is 0 Å². The molecule has 0 aromatic heterocycles. The Morgan fingerprint density at radius 3 is 2.32 bits per heavy atom. The Morgan fingerprint density at radius 1 is 1.11 bits per heavy atom. The summed E-state index contributed by atoms with van der Waals surface area (Å²) in [5, 5.41) is 6.02. The highest BCUT2D eigenvalue weighted by molar-refractivity contribution is 5.77. The van der Waals surface area contributed by atoms with Gasteiger partial charge in [0, 0.05) is 13.0 Å². The standard InChI is InChI=1S/C22H34N2O4/c1-21(2,3)28-20(26)23-16-22(14-5-6-15-22)24-19(25)9-7-8-17-10-12-18(27-4)13-11-17/h10-13H,5-9,14-16H2,1-4H3,(H,23,26)(H,24,25). The lowest BCUT2D eigenvalue weighted by atomic mass is 9.97. The van der Waals surface area contributed by atoms with Crippen molar-refractivity contribution in [1.29, 1.82) is 0 Å². The summed E-state index contributed by atoms with van der Waals surface area (Å²) in [5.41, 5.74) is 0.307. The number of ether oxygens (including phenoxy) is 2. The Bertz CT molecular complexity index is 643. The van der Waals surface area contributed by atoms with Crippen LogP contribution in [-0.2, 0) is 16.0 Å². The number of nitrogens with one attached hydrogen (secondary N) is 2. The molecular formula is C22H34N2O4. The molecule has 156 valence electrons. The number of methoxy groups -OCH3 is 1. The molecule has 2 N–H and O–H groups in total. The third kappa shape index (κ3) is 7.41. The molecule has 0 aliphatic heterocycles. The van der Waals surface area contributed by atoms with Gasteiger partial charge in [0.2, 0.25) is 5.91 Å². The third-order valence-corrected chi connectivity index (χ3v) is 4.96. The molecule has 2 amide bonds. The highest BCUT2D eigenvalue weighted by atomic mass is 16.6. The molecule has 28 heavy (non-hydrogen) atoms. The van der Waals surface area contributed by atoms with Crippen molar-refractivity contribution in [2.24, 2.45) is 0 Å². The molecule has 1 aromatic rings. The van der Waals surface area contributed by atoms with Crippen molar-refractivity contribution in [3.05, 3.63) is 29.8 Å². The predicted molar refractivity (Wildman–Crippen MR) is 110 cm³/mol. The molecule has 0 heterocycles. The SMILES string of the molecule is COc1ccc(CCCC(=O)NC2(CNC(=O)OC(C)(C)C)CCCC2)cc1. The average molecular weight is 391 g/mol. The summed E-state index contributed by atoms with van der Waals surface area (Å²) in [4.78, 5) is 24.5. The lowest BCUT2D eigenvalue weighted by Crippen LogP contribution is -2.54. The molecule has 0 atom stereocenters. The molecule has 1 aliphatic rings. The number of benzene rings is 1. The van der Waals surface area contributed by atoms with Gasteiger partial charge in [-0.25, -0.2) is 4.79 Å². The smallest absolute Gasteiger partial charge is 0.407 e. The normalized spacial score (nSPS) is 15.7. The van der Waals surface area contributed by atoms with Gasteiger partial charge in [0.05, 0.1) is 12.6 Å². The van der Waals surface area contributed by atoms with Gasteiger partial charge in [-0.1, -0.05) is 25.0 Å². The Hall–Kier alpha value is -2.24. The molecule has 2 rings (SSSR count). The molecule has 0 radical (unpaired) electrons. The van der Waals surface area contributed by atoms with Gasteiger partial charge in [-0.2, -0.15) is 0 Å². The minimum Gasteiger partial charge on any atom is -0.497 e. The van der Waals surface area contributed by atoms with Gasteiger partial charge in [0.25, 0.3) is 0 Å². The fourth-order valence-corrected chi connectivity index (χ4v) is 3.56. The van der Waals surface area contributed by atoms with Crippen LogP contribution in [-0.4, -0.2) is 36.8 Å². The van der Waals surface area contributed by atoms with Gasteiger partial charge in [0.15, 0.2) is 0 Å². The summed E-state index contributed by atoms with van der Waals surface area (Å²) in [6, 6.07) is 7.93. The number of hydrogen-bond donors (Lipinski definition) is 2. The minimum atomic E-state index is -0.530. The van der Waals surface area contributed by atoms with Crippen LogP contribution >= 0.6 is 0 Å². The molecule has 1 fully saturated rings. The average Bonchev–Trinajstić information content (AvgIpc) is 3.08. The van der Waals surface area contributed by atoms with E-state index in [0.717, 1.165) is 44.3 Å². The van der Waals surface area contributed by atoms with Crippen molar-refractivity contribution in [3.8, 4) is 5.75 Å². The number of hydrogen-bond acceptors (Lipinski definition) is 4. The van der Waals surface area contributed by atoms with Gasteiger partial charge >= 0.3 is 6.09 Å². The minimum absolute atomic E-state index is 0.0430. The van der Waals surface area contributed by atoms with Crippen molar-refractivity contribution in [2.45, 2.75) is 76.9 Å². The second kappa shape index (κ2) is 9.80. The maximum absolute atomic E-state index is 12.5. The summed E-state index contributed by atoms with van der Waals surface area (Å²) in [6.07, 6.45) is 5.55. The van der Waals surface area contributed by atoms with E-state index < -0.39 is 11.7 Å². The Labute approximate surface area is 168 Å². The first kappa shape index (κ1) is 22.1. The second-order valence-electron chi connectivity index (χ2n) is 8.59. The largest absolute Gasteiger partial charge is 0.497 e. The summed E-state index contributed by atoms with van der Waals surface area (Å²) in [6.45, 7) is 5.92. The predicted octanol–water partition coefficient (Wildman–Crippen LogP) is 3.97. The van der Waals surface area contributed by atoms with E-state index in [2.05, 4.69) is 10.6 Å². The third-order valence-electron chi connectivity index (χ3n) is 4.96. The van der Waals surface area contributed by atoms with Crippen LogP contribution in [0.4, 0.5) is 4.79 Å². The lowest BCUT2D eigenvalue weighted by molar-refractivity contribution is -0.123. The van der Waals surface area contributed by atoms with E-state index in [1.165, 1.54) is 5.56 Å². The highest BCUT2D eigenvalue weighted by Gasteiger charge is 2.35. The molecule has 0 spiro atoms. The van der Waals surface area contributed by atoms with E-state index in [1.54, 1.807) is 7.11 Å². The van der Waals surface area contributed by atoms with Crippen LogP contribution in [0.25, 0.3) is 0 Å². The van der Waals surface area contributed by atoms with Crippen LogP contribution in [0.1, 0.15) is 64.9 Å². The number of carbonyl (C=O) groups excluding carboxylic acids is 2. The van der Waals surface area contributed by atoms with E-state index in [9.17, 15) is 9.59 Å². The molecule has 1 aromatic carbocycles. The first-order valence-corrected chi connectivity index (χ1v) is 10.1. The van der Waals surface area contributed by atoms with Crippen molar-refractivity contribution < 1.29 is 19.1 Å². The Balaban J connectivity index is 1.78. The van der Waals surface area contributed by atoms with Crippen molar-refractivity contribution >= 4 is 12.0 Å². The zero-order chi connectivity index (χ0) is 20.6. The molecule has 6 heteroatoms. The Morgan fingerprint density at radius 2 is 1.75 bits per heavy atom. The first-order valence-electron chi connectivity index (χ1n) is 10.1. The molecule has 1 aliphatic carbocycles. The van der Waals surface area contributed by atoms with Crippen molar-refractivity contribution in [2.75, 3.05) is 13.7 Å². The van der Waals surface area contributed by atoms with Crippen LogP contribution in [0.15, 0.2) is 24.3 Å². The Kier molecular flexibility index (Phi) is 7.72. The second-order valence-corrected chi connectivity index (χ2v) is 8.59. The summed E-state index contributed by atoms with van der Waals surface area (Å²) < 4.78 is 10.5.